The Hall–Kier alpha value is -2.84. The maximum Gasteiger partial charge on any atom is 0.238 e. The van der Waals surface area contributed by atoms with E-state index in [-0.39, 0.29) is 23.0 Å². The van der Waals surface area contributed by atoms with Crippen LogP contribution in [0.2, 0.25) is 0 Å². The van der Waals surface area contributed by atoms with Crippen LogP contribution >= 0.6 is 23.5 Å². The van der Waals surface area contributed by atoms with E-state index in [0.717, 1.165) is 16.3 Å². The Morgan fingerprint density at radius 2 is 1.83 bits per heavy atom. The number of thioether (sulfide) groups is 2. The minimum absolute atomic E-state index is 0.0121. The molecule has 5 rings (SSSR count). The van der Waals surface area contributed by atoms with Gasteiger partial charge in [0, 0.05) is 4.90 Å². The van der Waals surface area contributed by atoms with Crippen LogP contribution in [0, 0.1) is 0 Å². The highest BCUT2D eigenvalue weighted by molar-refractivity contribution is 8.00. The molecule has 2 aromatic carbocycles. The van der Waals surface area contributed by atoms with Crippen LogP contribution in [-0.4, -0.2) is 43.2 Å². The van der Waals surface area contributed by atoms with Crippen LogP contribution in [0.3, 0.4) is 0 Å². The minimum atomic E-state index is 0.0121. The first-order valence-electron chi connectivity index (χ1n) is 9.20. The lowest BCUT2D eigenvalue weighted by Crippen LogP contribution is -2.48. The Labute approximate surface area is 176 Å². The third kappa shape index (κ3) is 3.49. The van der Waals surface area contributed by atoms with Gasteiger partial charge in [-0.3, -0.25) is 4.79 Å². The predicted molar refractivity (Wildman–Crippen MR) is 116 cm³/mol. The Balaban J connectivity index is 1.39. The first-order chi connectivity index (χ1) is 14.3. The average molecular weight is 420 g/mol. The fourth-order valence-electron chi connectivity index (χ4n) is 3.48. The number of carbonyl (C=O) groups excluding carboxylic acids is 1. The molecular weight excluding hydrogens is 402 g/mol. The van der Waals surface area contributed by atoms with Gasteiger partial charge in [0.25, 0.3) is 0 Å². The van der Waals surface area contributed by atoms with Crippen molar-refractivity contribution >= 4 is 35.1 Å². The van der Waals surface area contributed by atoms with E-state index in [0.29, 0.717) is 5.16 Å². The molecule has 0 N–H and O–H groups in total. The molecule has 2 aliphatic rings. The van der Waals surface area contributed by atoms with Gasteiger partial charge in [0.2, 0.25) is 11.1 Å². The summed E-state index contributed by atoms with van der Waals surface area (Å²) >= 11 is 3.15. The Morgan fingerprint density at radius 1 is 1.03 bits per heavy atom. The Kier molecular flexibility index (Phi) is 4.95. The lowest BCUT2D eigenvalue weighted by molar-refractivity contribution is -0.116. The van der Waals surface area contributed by atoms with Crippen molar-refractivity contribution in [3.05, 3.63) is 78.9 Å². The van der Waals surface area contributed by atoms with E-state index in [1.165, 1.54) is 11.8 Å². The number of hydrogen-bond donors (Lipinski definition) is 0. The van der Waals surface area contributed by atoms with Crippen LogP contribution in [0.25, 0.3) is 5.69 Å². The summed E-state index contributed by atoms with van der Waals surface area (Å²) < 4.78 is 1.66. The summed E-state index contributed by atoms with van der Waals surface area (Å²) in [7, 11) is 0. The van der Waals surface area contributed by atoms with E-state index in [2.05, 4.69) is 33.7 Å². The molecule has 0 saturated carbocycles. The summed E-state index contributed by atoms with van der Waals surface area (Å²) in [5.74, 6) is 0.299. The molecule has 0 radical (unpaired) electrons. The number of tetrazole rings is 1. The summed E-state index contributed by atoms with van der Waals surface area (Å²) in [4.78, 5) is 16.4. The van der Waals surface area contributed by atoms with Crippen LogP contribution in [0.15, 0.2) is 89.0 Å². The molecule has 29 heavy (non-hydrogen) atoms. The zero-order chi connectivity index (χ0) is 19.6. The van der Waals surface area contributed by atoms with Crippen LogP contribution in [0.5, 0.6) is 0 Å². The molecule has 2 atom stereocenters. The number of para-hydroxylation sites is 2. The van der Waals surface area contributed by atoms with Crippen molar-refractivity contribution in [1.29, 1.82) is 0 Å². The number of rotatable bonds is 4. The van der Waals surface area contributed by atoms with Crippen molar-refractivity contribution < 1.29 is 4.79 Å². The van der Waals surface area contributed by atoms with E-state index in [4.69, 9.17) is 0 Å². The Bertz CT molecular complexity index is 1100. The predicted octanol–water partition coefficient (Wildman–Crippen LogP) is 3.76. The number of nitrogens with zero attached hydrogens (tertiary/aromatic N) is 5. The smallest absolute Gasteiger partial charge is 0.238 e. The summed E-state index contributed by atoms with van der Waals surface area (Å²) in [5, 5.41) is 12.8. The van der Waals surface area contributed by atoms with Crippen molar-refractivity contribution in [2.24, 2.45) is 0 Å². The number of aromatic nitrogens is 4. The highest BCUT2D eigenvalue weighted by Gasteiger charge is 2.36. The third-order valence-electron chi connectivity index (χ3n) is 4.78. The van der Waals surface area contributed by atoms with Gasteiger partial charge >= 0.3 is 0 Å². The molecular formula is C21H17N5OS2. The SMILES string of the molecule is O=C(CSc1nnnn1-c1ccccc1)N1c2ccccc2SC2C=CC=CC21. The van der Waals surface area contributed by atoms with Gasteiger partial charge in [-0.15, -0.1) is 16.9 Å². The van der Waals surface area contributed by atoms with Crippen molar-refractivity contribution in [2.75, 3.05) is 10.7 Å². The van der Waals surface area contributed by atoms with Gasteiger partial charge in [-0.25, -0.2) is 0 Å². The molecule has 144 valence electrons. The van der Waals surface area contributed by atoms with Gasteiger partial charge in [-0.05, 0) is 34.7 Å². The van der Waals surface area contributed by atoms with Crippen molar-refractivity contribution in [1.82, 2.24) is 20.2 Å². The molecule has 6 nitrogen and oxygen atoms in total. The van der Waals surface area contributed by atoms with Gasteiger partial charge in [-0.1, -0.05) is 66.4 Å². The second kappa shape index (κ2) is 7.88. The summed E-state index contributed by atoms with van der Waals surface area (Å²) in [6.45, 7) is 0. The molecule has 0 saturated heterocycles. The molecule has 1 amide bonds. The maximum absolute atomic E-state index is 13.3. The standard InChI is InChI=1S/C21H17N5OS2/c27-20(14-28-21-22-23-24-26(21)15-8-2-1-3-9-15)25-16-10-4-6-12-18(16)29-19-13-7-5-11-17(19)25/h1-13,16,18H,14H2. The van der Waals surface area contributed by atoms with Gasteiger partial charge in [-0.2, -0.15) is 4.68 Å². The summed E-state index contributed by atoms with van der Waals surface area (Å²) in [6.07, 6.45) is 8.32. The lowest BCUT2D eigenvalue weighted by Gasteiger charge is -2.40. The third-order valence-corrected chi connectivity index (χ3v) is 6.99. The van der Waals surface area contributed by atoms with E-state index >= 15 is 0 Å². The number of benzene rings is 2. The van der Waals surface area contributed by atoms with Gasteiger partial charge < -0.3 is 4.90 Å². The second-order valence-electron chi connectivity index (χ2n) is 6.57. The topological polar surface area (TPSA) is 63.9 Å². The number of fused-ring (bicyclic) bond motifs is 2. The zero-order valence-electron chi connectivity index (χ0n) is 15.3. The number of amides is 1. The normalized spacial score (nSPS) is 19.7. The monoisotopic (exact) mass is 419 g/mol. The van der Waals surface area contributed by atoms with Gasteiger partial charge in [0.1, 0.15) is 0 Å². The van der Waals surface area contributed by atoms with Gasteiger partial charge in [0.15, 0.2) is 0 Å². The fourth-order valence-corrected chi connectivity index (χ4v) is 5.49. The van der Waals surface area contributed by atoms with Gasteiger partial charge in [0.05, 0.1) is 28.4 Å². The molecule has 0 fully saturated rings. The second-order valence-corrected chi connectivity index (χ2v) is 8.73. The largest absolute Gasteiger partial charge is 0.302 e. The molecule has 2 unspecified atom stereocenters. The van der Waals surface area contributed by atoms with Crippen LogP contribution in [0.1, 0.15) is 0 Å². The molecule has 1 aliphatic heterocycles. The van der Waals surface area contributed by atoms with Crippen molar-refractivity contribution in [3.63, 3.8) is 0 Å². The zero-order valence-corrected chi connectivity index (χ0v) is 17.0. The van der Waals surface area contributed by atoms with Crippen LogP contribution < -0.4 is 4.90 Å². The van der Waals surface area contributed by atoms with Crippen LogP contribution in [-0.2, 0) is 4.79 Å². The van der Waals surface area contributed by atoms with E-state index in [9.17, 15) is 4.79 Å². The highest BCUT2D eigenvalue weighted by Crippen LogP contribution is 2.43. The molecule has 0 spiro atoms. The first kappa shape index (κ1) is 18.2. The van der Waals surface area contributed by atoms with Crippen LogP contribution in [0.4, 0.5) is 5.69 Å². The molecule has 8 heteroatoms. The number of allylic oxidation sites excluding steroid dienone is 2. The average Bonchev–Trinajstić information content (AvgIpc) is 3.25. The number of anilines is 1. The molecule has 1 aliphatic carbocycles. The van der Waals surface area contributed by atoms with E-state index in [1.54, 1.807) is 16.4 Å². The maximum atomic E-state index is 13.3. The van der Waals surface area contributed by atoms with E-state index < -0.39 is 0 Å². The summed E-state index contributed by atoms with van der Waals surface area (Å²) in [5.41, 5.74) is 1.83. The van der Waals surface area contributed by atoms with Crippen molar-refractivity contribution in [3.8, 4) is 5.69 Å². The first-order valence-corrected chi connectivity index (χ1v) is 11.1. The fraction of sp³-hybridized carbons (Fsp3) is 0.143. The molecule has 1 aromatic heterocycles. The highest BCUT2D eigenvalue weighted by atomic mass is 32.2. The quantitative estimate of drug-likeness (QED) is 0.600. The molecule has 0 bridgehead atoms. The molecule has 3 aromatic rings. The molecule has 2 heterocycles. The van der Waals surface area contributed by atoms with E-state index in [1.807, 2.05) is 65.6 Å². The number of carbonyl (C=O) groups is 1. The van der Waals surface area contributed by atoms with Crippen molar-refractivity contribution in [2.45, 2.75) is 21.3 Å². The lowest BCUT2D eigenvalue weighted by atomic mass is 10.0. The minimum Gasteiger partial charge on any atom is -0.302 e. The number of hydrogen-bond acceptors (Lipinski definition) is 6. The Morgan fingerprint density at radius 3 is 2.72 bits per heavy atom. The summed E-state index contributed by atoms with van der Waals surface area (Å²) in [6, 6.07) is 17.8.